The highest BCUT2D eigenvalue weighted by atomic mass is 32.2. The molecule has 0 radical (unpaired) electrons. The lowest BCUT2D eigenvalue weighted by molar-refractivity contribution is 0.0923. The lowest BCUT2D eigenvalue weighted by Gasteiger charge is -2.30. The average molecular weight is 327 g/mol. The molecular weight excluding hydrogens is 306 g/mol. The minimum absolute atomic E-state index is 0.0742. The fourth-order valence-electron chi connectivity index (χ4n) is 2.52. The summed E-state index contributed by atoms with van der Waals surface area (Å²) in [7, 11) is -3.17. The van der Waals surface area contributed by atoms with E-state index >= 15 is 0 Å². The zero-order valence-electron chi connectivity index (χ0n) is 12.8. The number of piperidine rings is 1. The minimum Gasteiger partial charge on any atom is -0.349 e. The Hall–Kier alpha value is -1.67. The SMILES string of the molecule is CCc1cc(C(=O)NC2CCN(S(C)(=O)=O)CC2)cc(=O)[nH]1. The fourth-order valence-corrected chi connectivity index (χ4v) is 3.40. The van der Waals surface area contributed by atoms with Gasteiger partial charge in [0.2, 0.25) is 15.6 Å². The van der Waals surface area contributed by atoms with Crippen LogP contribution in [0.25, 0.3) is 0 Å². The lowest BCUT2D eigenvalue weighted by atomic mass is 10.1. The maximum Gasteiger partial charge on any atom is 0.251 e. The van der Waals surface area contributed by atoms with Gasteiger partial charge in [-0.2, -0.15) is 0 Å². The van der Waals surface area contributed by atoms with E-state index in [9.17, 15) is 18.0 Å². The second kappa shape index (κ2) is 6.62. The van der Waals surface area contributed by atoms with E-state index in [0.29, 0.717) is 43.6 Å². The quantitative estimate of drug-likeness (QED) is 0.819. The lowest BCUT2D eigenvalue weighted by Crippen LogP contribution is -2.46. The highest BCUT2D eigenvalue weighted by Gasteiger charge is 2.26. The number of rotatable bonds is 4. The number of aromatic amines is 1. The predicted molar refractivity (Wildman–Crippen MR) is 83.3 cm³/mol. The molecule has 122 valence electrons. The van der Waals surface area contributed by atoms with Crippen molar-refractivity contribution in [3.8, 4) is 0 Å². The first kappa shape index (κ1) is 16.7. The summed E-state index contributed by atoms with van der Waals surface area (Å²) in [6.07, 6.45) is 2.98. The average Bonchev–Trinajstić information content (AvgIpc) is 2.46. The Labute approximate surface area is 129 Å². The van der Waals surface area contributed by atoms with Crippen molar-refractivity contribution in [3.63, 3.8) is 0 Å². The summed E-state index contributed by atoms with van der Waals surface area (Å²) in [5.41, 5.74) is 0.757. The van der Waals surface area contributed by atoms with E-state index in [0.717, 1.165) is 0 Å². The van der Waals surface area contributed by atoms with Gasteiger partial charge in [-0.3, -0.25) is 9.59 Å². The molecular formula is C14H21N3O4S. The summed E-state index contributed by atoms with van der Waals surface area (Å²) in [6.45, 7) is 2.70. The van der Waals surface area contributed by atoms with Gasteiger partial charge in [0, 0.05) is 36.5 Å². The minimum atomic E-state index is -3.17. The Morgan fingerprint density at radius 2 is 2.00 bits per heavy atom. The Morgan fingerprint density at radius 1 is 1.36 bits per heavy atom. The molecule has 0 aliphatic carbocycles. The number of carbonyl (C=O) groups is 1. The molecule has 1 fully saturated rings. The molecule has 2 heterocycles. The van der Waals surface area contributed by atoms with E-state index in [1.807, 2.05) is 6.92 Å². The monoisotopic (exact) mass is 327 g/mol. The van der Waals surface area contributed by atoms with Crippen LogP contribution in [0.3, 0.4) is 0 Å². The number of hydrogen-bond donors (Lipinski definition) is 2. The second-order valence-corrected chi connectivity index (χ2v) is 7.50. The van der Waals surface area contributed by atoms with Crippen molar-refractivity contribution in [2.24, 2.45) is 0 Å². The number of carbonyl (C=O) groups excluding carboxylic acids is 1. The van der Waals surface area contributed by atoms with Gasteiger partial charge < -0.3 is 10.3 Å². The molecule has 1 aliphatic heterocycles. The van der Waals surface area contributed by atoms with Gasteiger partial charge in [-0.1, -0.05) is 6.92 Å². The van der Waals surface area contributed by atoms with Crippen molar-refractivity contribution in [1.82, 2.24) is 14.6 Å². The van der Waals surface area contributed by atoms with Gasteiger partial charge in [0.25, 0.3) is 5.91 Å². The van der Waals surface area contributed by atoms with E-state index in [1.54, 1.807) is 6.07 Å². The Kier molecular flexibility index (Phi) is 5.02. The molecule has 1 aromatic heterocycles. The van der Waals surface area contributed by atoms with Crippen LogP contribution in [0.2, 0.25) is 0 Å². The van der Waals surface area contributed by atoms with E-state index in [4.69, 9.17) is 0 Å². The third kappa shape index (κ3) is 4.17. The van der Waals surface area contributed by atoms with Crippen molar-refractivity contribution >= 4 is 15.9 Å². The third-order valence-corrected chi connectivity index (χ3v) is 5.10. The first-order valence-electron chi connectivity index (χ1n) is 7.29. The van der Waals surface area contributed by atoms with Crippen molar-refractivity contribution < 1.29 is 13.2 Å². The van der Waals surface area contributed by atoms with Gasteiger partial charge in [-0.15, -0.1) is 0 Å². The summed E-state index contributed by atoms with van der Waals surface area (Å²) < 4.78 is 24.3. The smallest absolute Gasteiger partial charge is 0.251 e. The molecule has 0 bridgehead atoms. The molecule has 0 unspecified atom stereocenters. The topological polar surface area (TPSA) is 99.3 Å². The van der Waals surface area contributed by atoms with Gasteiger partial charge in [-0.05, 0) is 25.3 Å². The van der Waals surface area contributed by atoms with Crippen molar-refractivity contribution in [2.75, 3.05) is 19.3 Å². The maximum absolute atomic E-state index is 12.2. The molecule has 0 aromatic carbocycles. The van der Waals surface area contributed by atoms with Crippen LogP contribution in [0.15, 0.2) is 16.9 Å². The van der Waals surface area contributed by atoms with Gasteiger partial charge in [-0.25, -0.2) is 12.7 Å². The Bertz CT molecular complexity index is 703. The number of amides is 1. The molecule has 22 heavy (non-hydrogen) atoms. The van der Waals surface area contributed by atoms with Crippen LogP contribution in [0.1, 0.15) is 35.8 Å². The van der Waals surface area contributed by atoms with E-state index < -0.39 is 10.0 Å². The molecule has 1 amide bonds. The molecule has 0 saturated carbocycles. The van der Waals surface area contributed by atoms with E-state index in [1.165, 1.54) is 16.6 Å². The highest BCUT2D eigenvalue weighted by Crippen LogP contribution is 2.13. The van der Waals surface area contributed by atoms with Crippen LogP contribution >= 0.6 is 0 Å². The number of aryl methyl sites for hydroxylation is 1. The van der Waals surface area contributed by atoms with Crippen LogP contribution in [0.4, 0.5) is 0 Å². The van der Waals surface area contributed by atoms with Gasteiger partial charge in [0.15, 0.2) is 0 Å². The second-order valence-electron chi connectivity index (χ2n) is 5.52. The number of hydrogen-bond acceptors (Lipinski definition) is 4. The molecule has 2 rings (SSSR count). The number of nitrogens with one attached hydrogen (secondary N) is 2. The Morgan fingerprint density at radius 3 is 2.55 bits per heavy atom. The third-order valence-electron chi connectivity index (χ3n) is 3.80. The summed E-state index contributed by atoms with van der Waals surface area (Å²) in [4.78, 5) is 26.4. The molecule has 1 aromatic rings. The van der Waals surface area contributed by atoms with Gasteiger partial charge >= 0.3 is 0 Å². The molecule has 7 nitrogen and oxygen atoms in total. The van der Waals surface area contributed by atoms with Crippen LogP contribution in [0.5, 0.6) is 0 Å². The van der Waals surface area contributed by atoms with Crippen molar-refractivity contribution in [1.29, 1.82) is 0 Å². The largest absolute Gasteiger partial charge is 0.349 e. The number of pyridine rings is 1. The summed E-state index contributed by atoms with van der Waals surface area (Å²) >= 11 is 0. The number of sulfonamides is 1. The first-order valence-corrected chi connectivity index (χ1v) is 9.13. The van der Waals surface area contributed by atoms with Gasteiger partial charge in [0.1, 0.15) is 0 Å². The zero-order chi connectivity index (χ0) is 16.3. The van der Waals surface area contributed by atoms with Crippen molar-refractivity contribution in [2.45, 2.75) is 32.2 Å². The molecule has 1 aliphatic rings. The number of nitrogens with zero attached hydrogens (tertiary/aromatic N) is 1. The Balaban J connectivity index is 1.99. The summed E-state index contributed by atoms with van der Waals surface area (Å²) in [6, 6.07) is 2.87. The molecule has 2 N–H and O–H groups in total. The van der Waals surface area contributed by atoms with Crippen LogP contribution < -0.4 is 10.9 Å². The van der Waals surface area contributed by atoms with Crippen LogP contribution in [0, 0.1) is 0 Å². The van der Waals surface area contributed by atoms with Gasteiger partial charge in [0.05, 0.1) is 6.26 Å². The zero-order valence-corrected chi connectivity index (χ0v) is 13.6. The van der Waals surface area contributed by atoms with Crippen molar-refractivity contribution in [3.05, 3.63) is 33.7 Å². The predicted octanol–water partition coefficient (Wildman–Crippen LogP) is 0.0911. The summed E-state index contributed by atoms with van der Waals surface area (Å²) in [5, 5.41) is 2.87. The van der Waals surface area contributed by atoms with E-state index in [2.05, 4.69) is 10.3 Å². The normalized spacial score (nSPS) is 17.4. The maximum atomic E-state index is 12.2. The standard InChI is InChI=1S/C14H21N3O4S/c1-3-11-8-10(9-13(18)15-11)14(19)16-12-4-6-17(7-5-12)22(2,20)21/h8-9,12H,3-7H2,1-2H3,(H,15,18)(H,16,19). The number of aromatic nitrogens is 1. The van der Waals surface area contributed by atoms with Crippen LogP contribution in [-0.4, -0.2) is 49.0 Å². The molecule has 0 atom stereocenters. The molecule has 8 heteroatoms. The van der Waals surface area contributed by atoms with Crippen LogP contribution in [-0.2, 0) is 16.4 Å². The molecule has 0 spiro atoms. The fraction of sp³-hybridized carbons (Fsp3) is 0.571. The summed E-state index contributed by atoms with van der Waals surface area (Å²) in [5.74, 6) is -0.293. The number of H-pyrrole nitrogens is 1. The molecule has 1 saturated heterocycles. The van der Waals surface area contributed by atoms with E-state index in [-0.39, 0.29) is 17.5 Å². The highest BCUT2D eigenvalue weighted by molar-refractivity contribution is 7.88. The first-order chi connectivity index (χ1) is 10.3.